The van der Waals surface area contributed by atoms with Crippen LogP contribution in [0.25, 0.3) is 11.1 Å². The average molecular weight is 662 g/mol. The highest BCUT2D eigenvalue weighted by molar-refractivity contribution is 7.98. The van der Waals surface area contributed by atoms with Crippen LogP contribution >= 0.6 is 11.8 Å². The third-order valence-corrected chi connectivity index (χ3v) is 8.93. The molecule has 3 aromatic carbocycles. The van der Waals surface area contributed by atoms with Gasteiger partial charge in [0.1, 0.15) is 6.04 Å². The number of benzene rings is 3. The van der Waals surface area contributed by atoms with Crippen LogP contribution in [0.4, 0.5) is 10.5 Å². The first kappa shape index (κ1) is 35.9. The molecule has 0 aliphatic carbocycles. The van der Waals surface area contributed by atoms with Gasteiger partial charge in [-0.2, -0.15) is 0 Å². The van der Waals surface area contributed by atoms with Gasteiger partial charge in [-0.15, -0.1) is 11.8 Å². The number of hydrogen-bond acceptors (Lipinski definition) is 7. The fraction of sp³-hybridized carbons (Fsp3) is 0.417. The zero-order valence-corrected chi connectivity index (χ0v) is 28.5. The molecule has 1 heterocycles. The van der Waals surface area contributed by atoms with Crippen molar-refractivity contribution in [3.05, 3.63) is 83.4 Å². The Morgan fingerprint density at radius 2 is 1.81 bits per heavy atom. The summed E-state index contributed by atoms with van der Waals surface area (Å²) >= 11 is 1.65. The fourth-order valence-electron chi connectivity index (χ4n) is 5.67. The number of thioether (sulfide) groups is 1. The number of carbonyl (C=O) groups excluding carboxylic acids is 3. The third-order valence-electron chi connectivity index (χ3n) is 8.21. The number of urea groups is 1. The van der Waals surface area contributed by atoms with Crippen LogP contribution in [-0.4, -0.2) is 71.7 Å². The molecule has 6 N–H and O–H groups in total. The van der Waals surface area contributed by atoms with Gasteiger partial charge in [0, 0.05) is 42.2 Å². The van der Waals surface area contributed by atoms with E-state index < -0.39 is 17.7 Å². The van der Waals surface area contributed by atoms with E-state index in [1.54, 1.807) is 16.7 Å². The first-order valence-corrected chi connectivity index (χ1v) is 17.3. The van der Waals surface area contributed by atoms with Crippen molar-refractivity contribution in [3.8, 4) is 11.1 Å². The van der Waals surface area contributed by atoms with E-state index in [0.29, 0.717) is 32.5 Å². The number of rotatable bonds is 14. The summed E-state index contributed by atoms with van der Waals surface area (Å²) in [5.41, 5.74) is 5.21. The van der Waals surface area contributed by atoms with Crippen LogP contribution in [0.2, 0.25) is 0 Å². The number of fused-ring (bicyclic) bond motifs is 1. The molecule has 47 heavy (non-hydrogen) atoms. The van der Waals surface area contributed by atoms with Gasteiger partial charge in [-0.3, -0.25) is 9.59 Å². The lowest BCUT2D eigenvalue weighted by atomic mass is 9.98. The number of hydrogen-bond donors (Lipinski definition) is 6. The number of carbonyl (C=O) groups is 3. The smallest absolute Gasteiger partial charge is 0.315 e. The lowest BCUT2D eigenvalue weighted by Gasteiger charge is -2.29. The minimum atomic E-state index is -0.918. The quantitative estimate of drug-likeness (QED) is 0.144. The molecular weight excluding hydrogens is 614 g/mol. The second-order valence-electron chi connectivity index (χ2n) is 12.4. The Kier molecular flexibility index (Phi) is 12.8. The maximum atomic E-state index is 14.1. The number of anilines is 1. The average Bonchev–Trinajstić information content (AvgIpc) is 3.18. The predicted molar refractivity (Wildman–Crippen MR) is 187 cm³/mol. The summed E-state index contributed by atoms with van der Waals surface area (Å²) in [6.45, 7) is 6.64. The summed E-state index contributed by atoms with van der Waals surface area (Å²) in [6, 6.07) is 21.3. The molecule has 0 bridgehead atoms. The molecule has 10 nitrogen and oxygen atoms in total. The second-order valence-corrected chi connectivity index (χ2v) is 13.3. The molecular formula is C36H47N5O5S. The molecule has 0 unspecified atom stereocenters. The Bertz CT molecular complexity index is 1530. The van der Waals surface area contributed by atoms with Gasteiger partial charge in [0.2, 0.25) is 11.8 Å². The van der Waals surface area contributed by atoms with Crippen molar-refractivity contribution < 1.29 is 24.6 Å². The van der Waals surface area contributed by atoms with E-state index in [-0.39, 0.29) is 37.4 Å². The van der Waals surface area contributed by atoms with Gasteiger partial charge in [-0.25, -0.2) is 4.79 Å². The van der Waals surface area contributed by atoms with E-state index in [1.807, 2.05) is 87.7 Å². The molecule has 1 aliphatic rings. The molecule has 1 aliphatic heterocycles. The molecule has 0 saturated carbocycles. The number of nitrogens with one attached hydrogen (secondary N) is 4. The standard InChI is InChI=1S/C36H47N5O5S/c1-5-37-35(46)38-20-27-8-6-7-9-30(27)25-12-10-24(11-13-25)22-41-32-17-15-29(47-4)18-26(32)14-16-31(34(41)45)40-33(44)19-36(2,3)39-21-28(43)23-42/h6-13,15,17-18,28,31,39,42-43H,5,14,16,19-23H2,1-4H3,(H,40,44)(H2,37,38,46)/t28-,31+/m0/s1. The first-order valence-electron chi connectivity index (χ1n) is 16.0. The van der Waals surface area contributed by atoms with Crippen molar-refractivity contribution in [2.45, 2.75) is 75.7 Å². The Balaban J connectivity index is 1.53. The largest absolute Gasteiger partial charge is 0.394 e. The van der Waals surface area contributed by atoms with E-state index >= 15 is 0 Å². The van der Waals surface area contributed by atoms with E-state index in [9.17, 15) is 19.5 Å². The molecule has 0 aromatic heterocycles. The monoisotopic (exact) mass is 661 g/mol. The molecule has 4 amide bonds. The molecule has 4 rings (SSSR count). The summed E-state index contributed by atoms with van der Waals surface area (Å²) in [4.78, 5) is 42.2. The van der Waals surface area contributed by atoms with Crippen LogP contribution in [0.3, 0.4) is 0 Å². The molecule has 252 valence electrons. The van der Waals surface area contributed by atoms with Gasteiger partial charge < -0.3 is 36.4 Å². The first-order chi connectivity index (χ1) is 22.5. The van der Waals surface area contributed by atoms with Gasteiger partial charge in [-0.1, -0.05) is 48.5 Å². The maximum absolute atomic E-state index is 14.1. The number of β-amino-alcohol motifs (C(OH)–C–C–N with tert-alkyl or cyclic N) is 1. The van der Waals surface area contributed by atoms with Crippen molar-refractivity contribution in [1.82, 2.24) is 21.3 Å². The summed E-state index contributed by atoms with van der Waals surface area (Å²) < 4.78 is 0. The van der Waals surface area contributed by atoms with Gasteiger partial charge in [-0.05, 0) is 85.9 Å². The zero-order valence-electron chi connectivity index (χ0n) is 27.6. The summed E-state index contributed by atoms with van der Waals surface area (Å²) in [5.74, 6) is -0.430. The SMILES string of the molecule is CCNC(=O)NCc1ccccc1-c1ccc(CN2C(=O)[C@H](NC(=O)CC(C)(C)NC[C@H](O)CO)CCc3cc(SC)ccc32)cc1. The van der Waals surface area contributed by atoms with E-state index in [0.717, 1.165) is 38.4 Å². The molecule has 0 radical (unpaired) electrons. The highest BCUT2D eigenvalue weighted by Crippen LogP contribution is 2.33. The Morgan fingerprint density at radius 3 is 2.51 bits per heavy atom. The summed E-state index contributed by atoms with van der Waals surface area (Å²) in [5, 5.41) is 30.6. The number of aliphatic hydroxyl groups excluding tert-OH is 2. The molecule has 2 atom stereocenters. The van der Waals surface area contributed by atoms with Gasteiger partial charge in [0.05, 0.1) is 19.3 Å². The Hall–Kier alpha value is -3.90. The minimum Gasteiger partial charge on any atom is -0.394 e. The molecule has 0 saturated heterocycles. The van der Waals surface area contributed by atoms with Gasteiger partial charge in [0.15, 0.2) is 0 Å². The van der Waals surface area contributed by atoms with Gasteiger partial charge >= 0.3 is 6.03 Å². The van der Waals surface area contributed by atoms with Crippen LogP contribution in [0, 0.1) is 0 Å². The predicted octanol–water partition coefficient (Wildman–Crippen LogP) is 3.97. The molecule has 3 aromatic rings. The fourth-order valence-corrected chi connectivity index (χ4v) is 6.14. The van der Waals surface area contributed by atoms with Crippen molar-refractivity contribution in [2.75, 3.05) is 30.9 Å². The van der Waals surface area contributed by atoms with Crippen LogP contribution in [0.1, 0.15) is 50.3 Å². The Labute approximate surface area is 281 Å². The lowest BCUT2D eigenvalue weighted by molar-refractivity contribution is -0.128. The minimum absolute atomic E-state index is 0.0975. The van der Waals surface area contributed by atoms with Crippen molar-refractivity contribution in [1.29, 1.82) is 0 Å². The number of nitrogens with zero attached hydrogens (tertiary/aromatic N) is 1. The van der Waals surface area contributed by atoms with Crippen LogP contribution < -0.4 is 26.2 Å². The van der Waals surface area contributed by atoms with Crippen LogP contribution in [0.15, 0.2) is 71.6 Å². The number of aryl methyl sites for hydroxylation is 1. The normalized spacial score (nSPS) is 15.4. The van der Waals surface area contributed by atoms with Crippen molar-refractivity contribution >= 4 is 35.3 Å². The molecule has 11 heteroatoms. The van der Waals surface area contributed by atoms with Crippen molar-refractivity contribution in [2.24, 2.45) is 0 Å². The lowest BCUT2D eigenvalue weighted by Crippen LogP contribution is -2.51. The van der Waals surface area contributed by atoms with Crippen LogP contribution in [0.5, 0.6) is 0 Å². The number of aliphatic hydroxyl groups is 2. The molecule has 0 fully saturated rings. The molecule has 0 spiro atoms. The van der Waals surface area contributed by atoms with E-state index in [4.69, 9.17) is 5.11 Å². The highest BCUT2D eigenvalue weighted by Gasteiger charge is 2.33. The Morgan fingerprint density at radius 1 is 1.06 bits per heavy atom. The topological polar surface area (TPSA) is 143 Å². The highest BCUT2D eigenvalue weighted by atomic mass is 32.2. The third kappa shape index (κ3) is 10.0. The summed E-state index contributed by atoms with van der Waals surface area (Å²) in [6.07, 6.45) is 2.32. The number of amides is 4. The van der Waals surface area contributed by atoms with E-state index in [1.165, 1.54) is 0 Å². The van der Waals surface area contributed by atoms with Crippen molar-refractivity contribution in [3.63, 3.8) is 0 Å². The summed E-state index contributed by atoms with van der Waals surface area (Å²) in [7, 11) is 0. The maximum Gasteiger partial charge on any atom is 0.315 e. The zero-order chi connectivity index (χ0) is 34.0. The van der Waals surface area contributed by atoms with Gasteiger partial charge in [0.25, 0.3) is 0 Å². The van der Waals surface area contributed by atoms with E-state index in [2.05, 4.69) is 27.3 Å². The second kappa shape index (κ2) is 16.8. The van der Waals surface area contributed by atoms with Crippen LogP contribution in [-0.2, 0) is 29.1 Å².